The molecule has 0 fully saturated rings. The Morgan fingerprint density at radius 3 is 0.818 bits per heavy atom. The van der Waals surface area contributed by atoms with E-state index >= 15 is 0 Å². The molecule has 5 nitrogen and oxygen atoms in total. The molecule has 0 N–H and O–H groups in total. The van der Waals surface area contributed by atoms with E-state index in [2.05, 4.69) is 119 Å². The van der Waals surface area contributed by atoms with E-state index in [4.69, 9.17) is 14.2 Å². The number of para-hydroxylation sites is 1. The van der Waals surface area contributed by atoms with Crippen molar-refractivity contribution < 1.29 is 14.2 Å². The maximum atomic E-state index is 5.39. The molecule has 0 amide bonds. The van der Waals surface area contributed by atoms with Crippen LogP contribution in [0.2, 0.25) is 0 Å². The Bertz CT molecular complexity index is 1720. The molecule has 0 spiro atoms. The highest BCUT2D eigenvalue weighted by Gasteiger charge is 2.15. The number of hydrogen-bond donors (Lipinski definition) is 0. The Balaban J connectivity index is 1.30. The Morgan fingerprint density at radius 1 is 0.295 bits per heavy atom. The van der Waals surface area contributed by atoms with Crippen LogP contribution in [-0.2, 0) is 0 Å². The van der Waals surface area contributed by atoms with Crippen molar-refractivity contribution >= 4 is 34.1 Å². The van der Waals surface area contributed by atoms with E-state index in [9.17, 15) is 0 Å². The molecule has 0 aliphatic carbocycles. The van der Waals surface area contributed by atoms with Gasteiger partial charge in [-0.3, -0.25) is 0 Å². The van der Waals surface area contributed by atoms with Gasteiger partial charge in [0.1, 0.15) is 17.2 Å². The largest absolute Gasteiger partial charge is 0.497 e. The van der Waals surface area contributed by atoms with Gasteiger partial charge in [-0.15, -0.1) is 0 Å². The molecule has 0 aliphatic heterocycles. The van der Waals surface area contributed by atoms with Crippen molar-refractivity contribution in [3.63, 3.8) is 0 Å². The van der Waals surface area contributed by atoms with Gasteiger partial charge in [0.25, 0.3) is 0 Å². The molecule has 218 valence electrons. The number of rotatable bonds is 10. The number of ether oxygens (including phenoxy) is 3. The van der Waals surface area contributed by atoms with Crippen molar-refractivity contribution in [3.8, 4) is 28.4 Å². The number of hydrogen-bond acceptors (Lipinski definition) is 5. The summed E-state index contributed by atoms with van der Waals surface area (Å²) >= 11 is 0. The van der Waals surface area contributed by atoms with E-state index < -0.39 is 0 Å². The summed E-state index contributed by atoms with van der Waals surface area (Å²) in [5.41, 5.74) is 8.63. The molecule has 0 heterocycles. The monoisotopic (exact) mass is 578 g/mol. The van der Waals surface area contributed by atoms with Crippen molar-refractivity contribution in [1.29, 1.82) is 0 Å². The van der Waals surface area contributed by atoms with Gasteiger partial charge in [-0.2, -0.15) is 0 Å². The van der Waals surface area contributed by atoms with Gasteiger partial charge in [-0.1, -0.05) is 42.5 Å². The second-order valence-corrected chi connectivity index (χ2v) is 10.2. The van der Waals surface area contributed by atoms with Crippen LogP contribution in [0.25, 0.3) is 11.1 Å². The first-order valence-electron chi connectivity index (χ1n) is 14.4. The average Bonchev–Trinajstić information content (AvgIpc) is 3.10. The van der Waals surface area contributed by atoms with Gasteiger partial charge in [-0.25, -0.2) is 0 Å². The Labute approximate surface area is 259 Å². The highest BCUT2D eigenvalue weighted by molar-refractivity contribution is 5.81. The highest BCUT2D eigenvalue weighted by Crippen LogP contribution is 2.39. The van der Waals surface area contributed by atoms with Gasteiger partial charge in [0, 0.05) is 34.1 Å². The van der Waals surface area contributed by atoms with E-state index in [1.807, 2.05) is 42.5 Å². The van der Waals surface area contributed by atoms with E-state index in [0.717, 1.165) is 62.5 Å². The van der Waals surface area contributed by atoms with Crippen molar-refractivity contribution in [2.45, 2.75) is 0 Å². The van der Waals surface area contributed by atoms with Crippen LogP contribution in [0.3, 0.4) is 0 Å². The zero-order valence-corrected chi connectivity index (χ0v) is 25.1. The van der Waals surface area contributed by atoms with E-state index in [-0.39, 0.29) is 0 Å². The number of anilines is 6. The minimum Gasteiger partial charge on any atom is -0.497 e. The lowest BCUT2D eigenvalue weighted by Crippen LogP contribution is -2.10. The van der Waals surface area contributed by atoms with Gasteiger partial charge in [0.2, 0.25) is 0 Å². The molecule has 0 saturated heterocycles. The standard InChI is InChI=1S/C39H34N2O3/c1-42-37-23-17-34(18-24-37)40(31-7-5-4-6-8-31)32-13-9-29(10-14-32)30-11-15-33(16-12-30)41(35-19-25-38(43-2)26-20-35)36-21-27-39(44-3)28-22-36/h4-28H,1-3H3. The summed E-state index contributed by atoms with van der Waals surface area (Å²) in [5, 5.41) is 0. The van der Waals surface area contributed by atoms with Crippen LogP contribution in [0, 0.1) is 0 Å². The molecule has 0 aromatic heterocycles. The van der Waals surface area contributed by atoms with E-state index in [0.29, 0.717) is 0 Å². The lowest BCUT2D eigenvalue weighted by Gasteiger charge is -2.26. The van der Waals surface area contributed by atoms with Gasteiger partial charge >= 0.3 is 0 Å². The number of benzene rings is 6. The molecule has 0 aliphatic rings. The normalized spacial score (nSPS) is 10.6. The summed E-state index contributed by atoms with van der Waals surface area (Å²) in [6.07, 6.45) is 0. The first-order valence-corrected chi connectivity index (χ1v) is 14.4. The topological polar surface area (TPSA) is 34.2 Å². The summed E-state index contributed by atoms with van der Waals surface area (Å²) in [5.74, 6) is 2.47. The first kappa shape index (κ1) is 28.4. The smallest absolute Gasteiger partial charge is 0.119 e. The zero-order valence-electron chi connectivity index (χ0n) is 25.1. The van der Waals surface area contributed by atoms with Crippen LogP contribution in [-0.4, -0.2) is 21.3 Å². The van der Waals surface area contributed by atoms with E-state index in [1.54, 1.807) is 21.3 Å². The minimum absolute atomic E-state index is 0.819. The third-order valence-corrected chi connectivity index (χ3v) is 7.59. The minimum atomic E-state index is 0.819. The number of nitrogens with zero attached hydrogens (tertiary/aromatic N) is 2. The van der Waals surface area contributed by atoms with E-state index in [1.165, 1.54) is 0 Å². The summed E-state index contributed by atoms with van der Waals surface area (Å²) in [6, 6.07) is 52.0. The SMILES string of the molecule is COc1ccc(N(c2ccccc2)c2ccc(-c3ccc(N(c4ccc(OC)cc4)c4ccc(OC)cc4)cc3)cc2)cc1. The average molecular weight is 579 g/mol. The summed E-state index contributed by atoms with van der Waals surface area (Å²) in [4.78, 5) is 4.46. The van der Waals surface area contributed by atoms with Crippen molar-refractivity contribution in [3.05, 3.63) is 152 Å². The molecule has 0 unspecified atom stereocenters. The Morgan fingerprint density at radius 2 is 0.545 bits per heavy atom. The fraction of sp³-hybridized carbons (Fsp3) is 0.0769. The summed E-state index contributed by atoms with van der Waals surface area (Å²) < 4.78 is 16.2. The quantitative estimate of drug-likeness (QED) is 0.162. The first-order chi connectivity index (χ1) is 21.7. The second kappa shape index (κ2) is 13.1. The molecule has 6 aromatic rings. The second-order valence-electron chi connectivity index (χ2n) is 10.2. The summed E-state index contributed by atoms with van der Waals surface area (Å²) in [6.45, 7) is 0. The van der Waals surface area contributed by atoms with Gasteiger partial charge in [0.15, 0.2) is 0 Å². The molecular weight excluding hydrogens is 544 g/mol. The predicted molar refractivity (Wildman–Crippen MR) is 181 cm³/mol. The highest BCUT2D eigenvalue weighted by atomic mass is 16.5. The predicted octanol–water partition coefficient (Wildman–Crippen LogP) is 10.3. The fourth-order valence-electron chi connectivity index (χ4n) is 5.27. The fourth-order valence-corrected chi connectivity index (χ4v) is 5.27. The van der Waals surface area contributed by atoms with Crippen LogP contribution in [0.15, 0.2) is 152 Å². The molecule has 6 aromatic carbocycles. The molecule has 0 bridgehead atoms. The van der Waals surface area contributed by atoms with Crippen molar-refractivity contribution in [2.24, 2.45) is 0 Å². The molecule has 5 heteroatoms. The van der Waals surface area contributed by atoms with Crippen LogP contribution >= 0.6 is 0 Å². The van der Waals surface area contributed by atoms with Crippen LogP contribution in [0.1, 0.15) is 0 Å². The number of methoxy groups -OCH3 is 3. The van der Waals surface area contributed by atoms with Gasteiger partial charge < -0.3 is 24.0 Å². The maximum Gasteiger partial charge on any atom is 0.119 e. The third-order valence-electron chi connectivity index (χ3n) is 7.59. The van der Waals surface area contributed by atoms with Gasteiger partial charge in [-0.05, 0) is 120 Å². The van der Waals surface area contributed by atoms with Crippen LogP contribution in [0.5, 0.6) is 17.2 Å². The zero-order chi connectivity index (χ0) is 30.3. The molecule has 44 heavy (non-hydrogen) atoms. The molecule has 0 radical (unpaired) electrons. The van der Waals surface area contributed by atoms with Crippen LogP contribution in [0.4, 0.5) is 34.1 Å². The van der Waals surface area contributed by atoms with Crippen molar-refractivity contribution in [2.75, 3.05) is 31.1 Å². The van der Waals surface area contributed by atoms with Crippen LogP contribution < -0.4 is 24.0 Å². The Kier molecular flexibility index (Phi) is 8.46. The molecule has 0 atom stereocenters. The third kappa shape index (κ3) is 6.08. The summed E-state index contributed by atoms with van der Waals surface area (Å²) in [7, 11) is 5.05. The molecule has 0 saturated carbocycles. The molecular formula is C39H34N2O3. The Hall–Kier alpha value is -5.68. The van der Waals surface area contributed by atoms with Crippen molar-refractivity contribution in [1.82, 2.24) is 0 Å². The maximum absolute atomic E-state index is 5.39. The molecule has 6 rings (SSSR count). The lowest BCUT2D eigenvalue weighted by atomic mass is 10.0. The van der Waals surface area contributed by atoms with Gasteiger partial charge in [0.05, 0.1) is 21.3 Å². The lowest BCUT2D eigenvalue weighted by molar-refractivity contribution is 0.414.